The number of nitrogens with zero attached hydrogens (tertiary/aromatic N) is 3. The quantitative estimate of drug-likeness (QED) is 0.117. The van der Waals surface area contributed by atoms with Gasteiger partial charge in [0.25, 0.3) is 0 Å². The zero-order chi connectivity index (χ0) is 41.3. The number of rotatable bonds is 10. The van der Waals surface area contributed by atoms with Gasteiger partial charge in [0.15, 0.2) is 0 Å². The molecule has 0 saturated carbocycles. The maximum Gasteiger partial charge on any atom is 0.410 e. The fraction of sp³-hybridized carbons (Fsp3) is 0.390. The Bertz CT molecular complexity index is 2060. The minimum atomic E-state index is -0.545. The lowest BCUT2D eigenvalue weighted by atomic mass is 10.0. The van der Waals surface area contributed by atoms with E-state index in [1.165, 1.54) is 38.5 Å². The van der Waals surface area contributed by atoms with Gasteiger partial charge in [0.2, 0.25) is 11.6 Å². The van der Waals surface area contributed by atoms with Crippen molar-refractivity contribution in [1.29, 1.82) is 0 Å². The zero-order valence-electron chi connectivity index (χ0n) is 32.8. The lowest BCUT2D eigenvalue weighted by Gasteiger charge is -2.33. The van der Waals surface area contributed by atoms with E-state index in [1.54, 1.807) is 29.2 Å². The summed E-state index contributed by atoms with van der Waals surface area (Å²) in [5.74, 6) is -0.0896. The number of halogens is 2. The van der Waals surface area contributed by atoms with E-state index in [0.29, 0.717) is 36.5 Å². The lowest BCUT2D eigenvalue weighted by molar-refractivity contribution is 0.0210. The molecule has 57 heavy (non-hydrogen) atoms. The summed E-state index contributed by atoms with van der Waals surface area (Å²) in [4.78, 5) is 48.0. The molecule has 16 heteroatoms. The van der Waals surface area contributed by atoms with Crippen LogP contribution in [0.4, 0.5) is 36.8 Å². The molecule has 0 spiro atoms. The molecule has 2 aliphatic heterocycles. The number of ether oxygens (including phenoxy) is 3. The first-order valence-corrected chi connectivity index (χ1v) is 18.7. The number of benzene rings is 2. The van der Waals surface area contributed by atoms with Crippen LogP contribution >= 0.6 is 0 Å². The second-order valence-corrected chi connectivity index (χ2v) is 14.7. The number of nitrogens with one attached hydrogen (secondary N) is 3. The van der Waals surface area contributed by atoms with Gasteiger partial charge in [-0.1, -0.05) is 0 Å². The van der Waals surface area contributed by atoms with Gasteiger partial charge in [-0.2, -0.15) is 0 Å². The van der Waals surface area contributed by atoms with Gasteiger partial charge in [0.1, 0.15) is 52.0 Å². The highest BCUT2D eigenvalue weighted by atomic mass is 19.1. The van der Waals surface area contributed by atoms with Crippen LogP contribution in [0.1, 0.15) is 78.3 Å². The highest BCUT2D eigenvalue weighted by Gasteiger charge is 2.28. The number of ketones is 2. The van der Waals surface area contributed by atoms with Gasteiger partial charge in [-0.15, -0.1) is 0 Å². The predicted molar refractivity (Wildman–Crippen MR) is 214 cm³/mol. The number of methoxy groups -OCH3 is 2. The van der Waals surface area contributed by atoms with Crippen LogP contribution < -0.4 is 36.9 Å². The molecule has 304 valence electrons. The summed E-state index contributed by atoms with van der Waals surface area (Å²) in [6.45, 7) is 8.58. The largest absolute Gasteiger partial charge is 0.496 e. The topological polar surface area (TPSA) is 196 Å². The summed E-state index contributed by atoms with van der Waals surface area (Å²) in [6.07, 6.45) is 3.14. The van der Waals surface area contributed by atoms with Crippen molar-refractivity contribution < 1.29 is 37.4 Å². The Morgan fingerprint density at radius 2 is 1.14 bits per heavy atom. The minimum Gasteiger partial charge on any atom is -0.496 e. The summed E-state index contributed by atoms with van der Waals surface area (Å²) >= 11 is 0. The molecule has 2 aromatic carbocycles. The molecular weight excluding hydrogens is 738 g/mol. The number of pyridine rings is 2. The van der Waals surface area contributed by atoms with E-state index in [1.807, 2.05) is 20.8 Å². The first-order valence-electron chi connectivity index (χ1n) is 18.7. The van der Waals surface area contributed by atoms with Crippen molar-refractivity contribution in [3.63, 3.8) is 0 Å². The monoisotopic (exact) mass is 788 g/mol. The van der Waals surface area contributed by atoms with E-state index in [0.717, 1.165) is 50.9 Å². The maximum atomic E-state index is 13.6. The molecule has 0 radical (unpaired) electrons. The number of piperidine rings is 2. The third-order valence-electron chi connectivity index (χ3n) is 9.34. The number of hydrogen-bond donors (Lipinski definition) is 5. The zero-order valence-corrected chi connectivity index (χ0v) is 32.8. The average molecular weight is 789 g/mol. The van der Waals surface area contributed by atoms with Crippen molar-refractivity contribution >= 4 is 40.9 Å². The molecular formula is C41H50F2N8O6. The van der Waals surface area contributed by atoms with E-state index in [-0.39, 0.29) is 51.8 Å². The van der Waals surface area contributed by atoms with Crippen molar-refractivity contribution in [2.45, 2.75) is 64.1 Å². The number of carbonyl (C=O) groups excluding carboxylic acids is 3. The van der Waals surface area contributed by atoms with Crippen molar-refractivity contribution in [2.24, 2.45) is 0 Å². The number of likely N-dealkylation sites (tertiary alicyclic amines) is 1. The smallest absolute Gasteiger partial charge is 0.410 e. The number of amides is 1. The Labute approximate surface area is 330 Å². The van der Waals surface area contributed by atoms with Crippen molar-refractivity contribution in [1.82, 2.24) is 20.2 Å². The van der Waals surface area contributed by atoms with Crippen molar-refractivity contribution in [2.75, 3.05) is 62.5 Å². The third-order valence-corrected chi connectivity index (χ3v) is 9.34. The molecule has 6 rings (SSSR count). The maximum absolute atomic E-state index is 13.6. The molecule has 0 atom stereocenters. The molecule has 14 nitrogen and oxygen atoms in total. The van der Waals surface area contributed by atoms with E-state index in [4.69, 9.17) is 25.7 Å². The second-order valence-electron chi connectivity index (χ2n) is 14.7. The third kappa shape index (κ3) is 11.3. The molecule has 0 bridgehead atoms. The molecule has 2 fully saturated rings. The molecule has 0 unspecified atom stereocenters. The summed E-state index contributed by atoms with van der Waals surface area (Å²) in [6, 6.07) is 14.5. The van der Waals surface area contributed by atoms with Gasteiger partial charge < -0.3 is 46.5 Å². The number of nitrogen functional groups attached to an aromatic ring is 2. The van der Waals surface area contributed by atoms with Gasteiger partial charge in [-0.3, -0.25) is 9.59 Å². The van der Waals surface area contributed by atoms with Gasteiger partial charge in [-0.25, -0.2) is 23.5 Å². The lowest BCUT2D eigenvalue weighted by Crippen LogP contribution is -2.44. The van der Waals surface area contributed by atoms with Crippen LogP contribution in [-0.2, 0) is 4.74 Å². The van der Waals surface area contributed by atoms with Gasteiger partial charge in [0, 0.05) is 25.2 Å². The van der Waals surface area contributed by atoms with Gasteiger partial charge >= 0.3 is 6.09 Å². The van der Waals surface area contributed by atoms with Gasteiger partial charge in [-0.05, 0) is 120 Å². The van der Waals surface area contributed by atoms with Crippen LogP contribution in [0.15, 0.2) is 60.7 Å². The van der Waals surface area contributed by atoms with E-state index in [2.05, 4.69) is 25.9 Å². The molecule has 4 heterocycles. The molecule has 4 aromatic rings. The minimum absolute atomic E-state index is 0.0394. The Hall–Kier alpha value is -6.03. The fourth-order valence-corrected chi connectivity index (χ4v) is 6.42. The standard InChI is InChI=1S/C23H29FN4O4.C18H21FN4O2/c1-23(2,3)32-22(30)28-11-9-15(10-12-28)26-19-8-6-16(21(25)27-19)20(29)17-13-14(24)5-7-18(17)31-4;1-25-15-4-2-11(19)10-14(15)17(24)13-3-5-16(23-18(13)20)22-12-6-8-21-9-7-12/h5-8,13,15H,9-12H2,1-4H3,(H3,25,26,27);2-5,10,12,21H,6-9H2,1H3,(H3,20,22,23). The highest BCUT2D eigenvalue weighted by molar-refractivity contribution is 6.14. The summed E-state index contributed by atoms with van der Waals surface area (Å²) in [5.41, 5.74) is 12.1. The fourth-order valence-electron chi connectivity index (χ4n) is 6.42. The van der Waals surface area contributed by atoms with Crippen LogP contribution in [0.3, 0.4) is 0 Å². The Kier molecular flexibility index (Phi) is 13.8. The van der Waals surface area contributed by atoms with Crippen LogP contribution in [0, 0.1) is 11.6 Å². The number of aromatic nitrogens is 2. The Morgan fingerprint density at radius 3 is 1.54 bits per heavy atom. The average Bonchev–Trinajstić information content (AvgIpc) is 3.18. The number of hydrogen-bond acceptors (Lipinski definition) is 13. The van der Waals surface area contributed by atoms with E-state index < -0.39 is 28.8 Å². The van der Waals surface area contributed by atoms with Crippen LogP contribution in [0.5, 0.6) is 11.5 Å². The first kappa shape index (κ1) is 42.1. The molecule has 0 aliphatic carbocycles. The van der Waals surface area contributed by atoms with E-state index in [9.17, 15) is 23.2 Å². The molecule has 2 aromatic heterocycles. The first-order chi connectivity index (χ1) is 27.1. The Morgan fingerprint density at radius 1 is 0.702 bits per heavy atom. The number of carbonyl (C=O) groups is 3. The molecule has 2 aliphatic rings. The van der Waals surface area contributed by atoms with Crippen molar-refractivity contribution in [3.05, 3.63) is 94.6 Å². The Balaban J connectivity index is 0.000000224. The number of anilines is 4. The SMILES string of the molecule is COc1ccc(F)cc1C(=O)c1ccc(NC2CCN(C(=O)OC(C)(C)C)CC2)nc1N.COc1ccc(F)cc1C(=O)c1ccc(NC2CCNCC2)nc1N. The molecule has 1 amide bonds. The summed E-state index contributed by atoms with van der Waals surface area (Å²) < 4.78 is 42.9. The van der Waals surface area contributed by atoms with Gasteiger partial charge in [0.05, 0.1) is 36.5 Å². The second kappa shape index (κ2) is 18.7. The number of nitrogens with two attached hydrogens (primary N) is 2. The normalized spacial score (nSPS) is 14.8. The molecule has 7 N–H and O–H groups in total. The summed E-state index contributed by atoms with van der Waals surface area (Å²) in [7, 11) is 2.84. The van der Waals surface area contributed by atoms with Crippen molar-refractivity contribution in [3.8, 4) is 11.5 Å². The predicted octanol–water partition coefficient (Wildman–Crippen LogP) is 6.06. The van der Waals surface area contributed by atoms with Crippen LogP contribution in [0.2, 0.25) is 0 Å². The van der Waals surface area contributed by atoms with Crippen LogP contribution in [-0.4, -0.2) is 90.6 Å². The molecule has 2 saturated heterocycles. The highest BCUT2D eigenvalue weighted by Crippen LogP contribution is 2.28. The van der Waals surface area contributed by atoms with Crippen LogP contribution in [0.25, 0.3) is 0 Å². The summed E-state index contributed by atoms with van der Waals surface area (Å²) in [5, 5.41) is 9.93. The van der Waals surface area contributed by atoms with E-state index >= 15 is 0 Å².